The van der Waals surface area contributed by atoms with Crippen LogP contribution < -0.4 is 0 Å². The molecule has 0 aromatic heterocycles. The highest BCUT2D eigenvalue weighted by atomic mass is 16.3. The van der Waals surface area contributed by atoms with Crippen molar-refractivity contribution in [1.82, 2.24) is 0 Å². The van der Waals surface area contributed by atoms with Crippen LogP contribution in [0.4, 0.5) is 0 Å². The first-order chi connectivity index (χ1) is 7.36. The fraction of sp³-hybridized carbons (Fsp3) is 0.692. The molecule has 1 aliphatic rings. The SMILES string of the molecule is C[C@@H](O)C=CC1=C(CO)C[C@@H](O)CC1(C)C. The van der Waals surface area contributed by atoms with E-state index in [0.717, 1.165) is 11.1 Å². The second-order valence-corrected chi connectivity index (χ2v) is 5.22. The number of hydrogen-bond acceptors (Lipinski definition) is 3. The third kappa shape index (κ3) is 3.17. The third-order valence-corrected chi connectivity index (χ3v) is 3.07. The quantitative estimate of drug-likeness (QED) is 0.681. The number of hydrogen-bond donors (Lipinski definition) is 3. The Morgan fingerprint density at radius 3 is 2.62 bits per heavy atom. The molecule has 0 aliphatic heterocycles. The average Bonchev–Trinajstić information content (AvgIpc) is 2.13. The van der Waals surface area contributed by atoms with Gasteiger partial charge in [0.25, 0.3) is 0 Å². The van der Waals surface area contributed by atoms with E-state index >= 15 is 0 Å². The van der Waals surface area contributed by atoms with Crippen molar-refractivity contribution >= 4 is 0 Å². The highest BCUT2D eigenvalue weighted by Crippen LogP contribution is 2.40. The lowest BCUT2D eigenvalue weighted by atomic mass is 9.71. The Balaban J connectivity index is 3.05. The summed E-state index contributed by atoms with van der Waals surface area (Å²) in [6, 6.07) is 0. The van der Waals surface area contributed by atoms with Gasteiger partial charge < -0.3 is 15.3 Å². The highest BCUT2D eigenvalue weighted by molar-refractivity contribution is 5.35. The highest BCUT2D eigenvalue weighted by Gasteiger charge is 2.32. The predicted molar refractivity (Wildman–Crippen MR) is 64.0 cm³/mol. The van der Waals surface area contributed by atoms with Gasteiger partial charge in [-0.1, -0.05) is 26.0 Å². The van der Waals surface area contributed by atoms with Crippen molar-refractivity contribution in [2.75, 3.05) is 6.61 Å². The first kappa shape index (κ1) is 13.4. The predicted octanol–water partition coefficient (Wildman–Crippen LogP) is 1.39. The first-order valence-corrected chi connectivity index (χ1v) is 5.74. The van der Waals surface area contributed by atoms with Crippen molar-refractivity contribution in [3.05, 3.63) is 23.3 Å². The van der Waals surface area contributed by atoms with Crippen molar-refractivity contribution in [3.8, 4) is 0 Å². The minimum Gasteiger partial charge on any atom is -0.393 e. The van der Waals surface area contributed by atoms with Crippen LogP contribution in [0.3, 0.4) is 0 Å². The van der Waals surface area contributed by atoms with Gasteiger partial charge in [-0.3, -0.25) is 0 Å². The molecule has 16 heavy (non-hydrogen) atoms. The second kappa shape index (κ2) is 5.13. The van der Waals surface area contributed by atoms with E-state index in [1.165, 1.54) is 0 Å². The van der Waals surface area contributed by atoms with E-state index in [0.29, 0.717) is 12.8 Å². The zero-order chi connectivity index (χ0) is 12.3. The van der Waals surface area contributed by atoms with E-state index in [4.69, 9.17) is 0 Å². The fourth-order valence-electron chi connectivity index (χ4n) is 2.37. The van der Waals surface area contributed by atoms with Crippen LogP contribution in [0, 0.1) is 5.41 Å². The summed E-state index contributed by atoms with van der Waals surface area (Å²) in [7, 11) is 0. The summed E-state index contributed by atoms with van der Waals surface area (Å²) in [6.45, 7) is 5.76. The molecule has 0 saturated carbocycles. The van der Waals surface area contributed by atoms with Crippen LogP contribution >= 0.6 is 0 Å². The molecule has 0 fully saturated rings. The van der Waals surface area contributed by atoms with Gasteiger partial charge in [0.15, 0.2) is 0 Å². The number of aliphatic hydroxyl groups excluding tert-OH is 3. The molecular formula is C13H22O3. The van der Waals surface area contributed by atoms with Crippen molar-refractivity contribution in [2.24, 2.45) is 5.41 Å². The van der Waals surface area contributed by atoms with Gasteiger partial charge in [0, 0.05) is 0 Å². The maximum absolute atomic E-state index is 9.72. The summed E-state index contributed by atoms with van der Waals surface area (Å²) in [4.78, 5) is 0. The minimum absolute atomic E-state index is 0.0278. The molecule has 0 radical (unpaired) electrons. The number of rotatable bonds is 3. The molecule has 0 unspecified atom stereocenters. The Bertz CT molecular complexity index is 300. The minimum atomic E-state index is -0.491. The van der Waals surface area contributed by atoms with Crippen molar-refractivity contribution in [2.45, 2.75) is 45.8 Å². The fourth-order valence-corrected chi connectivity index (χ4v) is 2.37. The van der Waals surface area contributed by atoms with Gasteiger partial charge in [-0.2, -0.15) is 0 Å². The van der Waals surface area contributed by atoms with Crippen molar-refractivity contribution in [3.63, 3.8) is 0 Å². The number of allylic oxidation sites excluding steroid dienone is 2. The standard InChI is InChI=1S/C13H22O3/c1-9(15)4-5-12-10(8-14)6-11(16)7-13(12,2)3/h4-5,9,11,14-16H,6-8H2,1-3H3/t9-,11-/m1/s1. The van der Waals surface area contributed by atoms with Gasteiger partial charge in [-0.05, 0) is 36.3 Å². The van der Waals surface area contributed by atoms with Gasteiger partial charge >= 0.3 is 0 Å². The number of aliphatic hydroxyl groups is 3. The van der Waals surface area contributed by atoms with E-state index < -0.39 is 6.10 Å². The Labute approximate surface area is 97.1 Å². The molecule has 3 nitrogen and oxygen atoms in total. The second-order valence-electron chi connectivity index (χ2n) is 5.22. The Hall–Kier alpha value is -0.640. The Kier molecular flexibility index (Phi) is 4.30. The molecule has 3 N–H and O–H groups in total. The molecule has 1 aliphatic carbocycles. The van der Waals surface area contributed by atoms with E-state index in [1.54, 1.807) is 13.0 Å². The van der Waals surface area contributed by atoms with Crippen LogP contribution in [0.1, 0.15) is 33.6 Å². The zero-order valence-corrected chi connectivity index (χ0v) is 10.3. The molecule has 3 heteroatoms. The lowest BCUT2D eigenvalue weighted by Crippen LogP contribution is -2.30. The summed E-state index contributed by atoms with van der Waals surface area (Å²) in [6.07, 6.45) is 3.94. The largest absolute Gasteiger partial charge is 0.393 e. The lowest BCUT2D eigenvalue weighted by Gasteiger charge is -2.36. The molecule has 0 aromatic carbocycles. The maximum atomic E-state index is 9.72. The Morgan fingerprint density at radius 1 is 1.50 bits per heavy atom. The molecule has 2 atom stereocenters. The van der Waals surface area contributed by atoms with Gasteiger partial charge in [0.1, 0.15) is 0 Å². The summed E-state index contributed by atoms with van der Waals surface area (Å²) in [5.41, 5.74) is 1.77. The Morgan fingerprint density at radius 2 is 2.12 bits per heavy atom. The van der Waals surface area contributed by atoms with E-state index in [1.807, 2.05) is 19.9 Å². The van der Waals surface area contributed by atoms with Crippen LogP contribution in [0.25, 0.3) is 0 Å². The first-order valence-electron chi connectivity index (χ1n) is 5.74. The van der Waals surface area contributed by atoms with Crippen LogP contribution in [0.15, 0.2) is 23.3 Å². The van der Waals surface area contributed by atoms with E-state index in [9.17, 15) is 15.3 Å². The summed E-state index contributed by atoms with van der Waals surface area (Å²) in [5, 5.41) is 28.3. The van der Waals surface area contributed by atoms with Gasteiger partial charge in [-0.15, -0.1) is 0 Å². The summed E-state index contributed by atoms with van der Waals surface area (Å²) in [5.74, 6) is 0. The van der Waals surface area contributed by atoms with Gasteiger partial charge in [-0.25, -0.2) is 0 Å². The topological polar surface area (TPSA) is 60.7 Å². The smallest absolute Gasteiger partial charge is 0.0695 e. The van der Waals surface area contributed by atoms with Crippen molar-refractivity contribution < 1.29 is 15.3 Å². The molecule has 92 valence electrons. The van der Waals surface area contributed by atoms with Crippen LogP contribution in [0.5, 0.6) is 0 Å². The molecule has 0 saturated heterocycles. The molecule has 0 amide bonds. The van der Waals surface area contributed by atoms with Gasteiger partial charge in [0.2, 0.25) is 0 Å². The normalized spacial score (nSPS) is 27.5. The molecule has 1 rings (SSSR count). The van der Waals surface area contributed by atoms with Crippen molar-refractivity contribution in [1.29, 1.82) is 0 Å². The van der Waals surface area contributed by atoms with Crippen LogP contribution in [-0.2, 0) is 0 Å². The van der Waals surface area contributed by atoms with E-state index in [-0.39, 0.29) is 18.1 Å². The lowest BCUT2D eigenvalue weighted by molar-refractivity contribution is 0.110. The zero-order valence-electron chi connectivity index (χ0n) is 10.3. The average molecular weight is 226 g/mol. The maximum Gasteiger partial charge on any atom is 0.0695 e. The molecule has 0 spiro atoms. The summed E-state index contributed by atoms with van der Waals surface area (Å²) < 4.78 is 0. The van der Waals surface area contributed by atoms with Crippen LogP contribution in [0.2, 0.25) is 0 Å². The summed E-state index contributed by atoms with van der Waals surface area (Å²) >= 11 is 0. The third-order valence-electron chi connectivity index (χ3n) is 3.07. The monoisotopic (exact) mass is 226 g/mol. The molecule has 0 bridgehead atoms. The van der Waals surface area contributed by atoms with Gasteiger partial charge in [0.05, 0.1) is 18.8 Å². The molecular weight excluding hydrogens is 204 g/mol. The van der Waals surface area contributed by atoms with E-state index in [2.05, 4.69) is 0 Å². The van der Waals surface area contributed by atoms with Crippen LogP contribution in [-0.4, -0.2) is 34.1 Å². The molecule has 0 aromatic rings. The molecule has 0 heterocycles.